The highest BCUT2D eigenvalue weighted by atomic mass is 79.9. The Labute approximate surface area is 83.9 Å². The largest absolute Gasteiger partial charge is 0.560 e. The van der Waals surface area contributed by atoms with Crippen LogP contribution in [0.15, 0.2) is 24.3 Å². The zero-order chi connectivity index (χ0) is 7.82. The second-order valence-electron chi connectivity index (χ2n) is 1.65. The molecule has 0 N–H and O–H groups in total. The summed E-state index contributed by atoms with van der Waals surface area (Å²) < 4.78 is 0. The van der Waals surface area contributed by atoms with Crippen molar-refractivity contribution in [2.75, 3.05) is 0 Å². The molecule has 0 saturated heterocycles. The lowest BCUT2D eigenvalue weighted by Crippen LogP contribution is -1.63. The Morgan fingerprint density at radius 1 is 1.40 bits per heavy atom. The monoisotopic (exact) mass is 273 g/mol. The van der Waals surface area contributed by atoms with Gasteiger partial charge in [0.15, 0.2) is 0 Å². The standard InChI is InChI=1S/C7H7.2BrH.Mg/c1-7-5-3-2-4-6-7;;;/h2-5H,1H3;2*1H;/q;;;+2/p-2. The molecule has 0 bridgehead atoms. The average Bonchev–Trinajstić information content (AvgIpc) is 1.91. The molecule has 0 saturated carbocycles. The predicted molar refractivity (Wildman–Crippen MR) is 53.6 cm³/mol. The number of hydrogen-bond donors (Lipinski definition) is 0. The lowest BCUT2D eigenvalue weighted by Gasteiger charge is -1.81. The summed E-state index contributed by atoms with van der Waals surface area (Å²) in [7, 11) is 0. The Morgan fingerprint density at radius 3 is 2.20 bits per heavy atom. The number of halogens is 2. The maximum absolute atomic E-state index is 3.20. The van der Waals surface area contributed by atoms with E-state index in [1.54, 1.807) is 0 Å². The lowest BCUT2D eigenvalue weighted by molar-refractivity contribution is 1.46. The van der Waals surface area contributed by atoms with E-state index in [-0.39, 0.29) is 16.0 Å². The van der Waals surface area contributed by atoms with Crippen LogP contribution >= 0.6 is 25.8 Å². The molecule has 0 aliphatic rings. The van der Waals surface area contributed by atoms with Gasteiger partial charge in [-0.15, -0.1) is 0 Å². The summed E-state index contributed by atoms with van der Waals surface area (Å²) in [5.74, 6) is 0. The van der Waals surface area contributed by atoms with E-state index in [2.05, 4.69) is 31.8 Å². The molecular formula is C7H7Br2Mg. The van der Waals surface area contributed by atoms with Crippen molar-refractivity contribution < 1.29 is 0 Å². The highest BCUT2D eigenvalue weighted by molar-refractivity contribution is 9.47. The highest BCUT2D eigenvalue weighted by Gasteiger charge is 1.73. The van der Waals surface area contributed by atoms with Crippen molar-refractivity contribution in [2.45, 2.75) is 6.92 Å². The molecule has 0 heterocycles. The van der Waals surface area contributed by atoms with Gasteiger partial charge in [-0.1, -0.05) is 24.3 Å². The van der Waals surface area contributed by atoms with Crippen molar-refractivity contribution in [1.82, 2.24) is 0 Å². The van der Waals surface area contributed by atoms with Crippen LogP contribution < -0.4 is 0 Å². The maximum atomic E-state index is 3.20. The zero-order valence-corrected chi connectivity index (χ0v) is 10.4. The summed E-state index contributed by atoms with van der Waals surface area (Å²) in [5.41, 5.74) is 1.20. The molecule has 1 aromatic carbocycles. The fourth-order valence-electron chi connectivity index (χ4n) is 0.483. The van der Waals surface area contributed by atoms with Gasteiger partial charge in [-0.25, -0.2) is 0 Å². The Kier molecular flexibility index (Phi) is 8.81. The maximum Gasteiger partial charge on any atom is 0.560 e. The van der Waals surface area contributed by atoms with E-state index in [1.807, 2.05) is 31.2 Å². The van der Waals surface area contributed by atoms with E-state index >= 15 is 0 Å². The minimum absolute atomic E-state index is 0.0417. The van der Waals surface area contributed by atoms with Crippen LogP contribution in [0.2, 0.25) is 0 Å². The van der Waals surface area contributed by atoms with Crippen molar-refractivity contribution in [3.05, 3.63) is 35.9 Å². The molecule has 0 unspecified atom stereocenters. The van der Waals surface area contributed by atoms with Crippen molar-refractivity contribution >= 4 is 41.8 Å². The highest BCUT2D eigenvalue weighted by Crippen LogP contribution is 1.90. The van der Waals surface area contributed by atoms with E-state index in [1.165, 1.54) is 5.56 Å². The lowest BCUT2D eigenvalue weighted by atomic mass is 10.2. The van der Waals surface area contributed by atoms with Crippen molar-refractivity contribution in [1.29, 1.82) is 0 Å². The smallest absolute Gasteiger partial charge is 0.280 e. The summed E-state index contributed by atoms with van der Waals surface area (Å²) in [5, 5.41) is 0. The van der Waals surface area contributed by atoms with Gasteiger partial charge in [0.1, 0.15) is 0 Å². The van der Waals surface area contributed by atoms with Gasteiger partial charge < -0.3 is 0 Å². The van der Waals surface area contributed by atoms with Crippen LogP contribution in [0.1, 0.15) is 5.56 Å². The third kappa shape index (κ3) is 7.06. The Balaban J connectivity index is 0.000000236. The van der Waals surface area contributed by atoms with Gasteiger partial charge in [0.25, 0.3) is 0 Å². The fourth-order valence-corrected chi connectivity index (χ4v) is 0.483. The molecule has 0 atom stereocenters. The first kappa shape index (κ1) is 10.9. The van der Waals surface area contributed by atoms with Crippen molar-refractivity contribution in [3.63, 3.8) is 0 Å². The van der Waals surface area contributed by atoms with Crippen LogP contribution in [-0.2, 0) is 0 Å². The summed E-state index contributed by atoms with van der Waals surface area (Å²) in [4.78, 5) is 0. The van der Waals surface area contributed by atoms with Crippen LogP contribution in [0, 0.1) is 13.0 Å². The van der Waals surface area contributed by atoms with Crippen molar-refractivity contribution in [3.8, 4) is 0 Å². The van der Waals surface area contributed by atoms with Gasteiger partial charge in [0.2, 0.25) is 0 Å². The number of hydrogen-bond acceptors (Lipinski definition) is 0. The molecule has 0 aliphatic carbocycles. The third-order valence-electron chi connectivity index (χ3n) is 0.865. The predicted octanol–water partition coefficient (Wildman–Crippen LogP) is 3.11. The molecule has 51 valence electrons. The van der Waals surface area contributed by atoms with Gasteiger partial charge in [-0.2, -0.15) is 0 Å². The van der Waals surface area contributed by atoms with Crippen molar-refractivity contribution in [2.24, 2.45) is 0 Å². The third-order valence-corrected chi connectivity index (χ3v) is 0.865. The van der Waals surface area contributed by atoms with Crippen LogP contribution in [0.5, 0.6) is 0 Å². The summed E-state index contributed by atoms with van der Waals surface area (Å²) in [6.07, 6.45) is 0. The van der Waals surface area contributed by atoms with E-state index in [4.69, 9.17) is 0 Å². The van der Waals surface area contributed by atoms with Crippen LogP contribution in [0.25, 0.3) is 0 Å². The average molecular weight is 275 g/mol. The molecule has 0 fully saturated rings. The van der Waals surface area contributed by atoms with Crippen LogP contribution in [0.3, 0.4) is 0 Å². The van der Waals surface area contributed by atoms with Gasteiger partial charge in [0, 0.05) is 0 Å². The molecule has 10 heavy (non-hydrogen) atoms. The number of rotatable bonds is 0. The Hall–Kier alpha value is 0.946. The number of aryl methyl sites for hydroxylation is 1. The molecule has 0 aromatic heterocycles. The molecule has 0 spiro atoms. The Bertz CT molecular complexity index is 153. The van der Waals surface area contributed by atoms with Gasteiger partial charge in [-0.3, -0.25) is 25.8 Å². The normalized spacial score (nSPS) is 7.10. The van der Waals surface area contributed by atoms with Gasteiger partial charge in [-0.05, 0) is 18.6 Å². The van der Waals surface area contributed by atoms with Crippen LogP contribution in [-0.4, -0.2) is 16.0 Å². The molecule has 1 aromatic rings. The SMILES string of the molecule is Cc1[c]cccc1.[Br][Mg][Br]. The molecule has 0 amide bonds. The minimum atomic E-state index is 0.0417. The Morgan fingerprint density at radius 2 is 2.00 bits per heavy atom. The minimum Gasteiger partial charge on any atom is -0.280 e. The number of benzene rings is 1. The first-order valence-electron chi connectivity index (χ1n) is 2.86. The van der Waals surface area contributed by atoms with Crippen LogP contribution in [0.4, 0.5) is 0 Å². The quantitative estimate of drug-likeness (QED) is 0.638. The molecular weight excluding hydrogens is 268 g/mol. The van der Waals surface area contributed by atoms with E-state index in [9.17, 15) is 0 Å². The summed E-state index contributed by atoms with van der Waals surface area (Å²) >= 11 is 6.44. The van der Waals surface area contributed by atoms with E-state index in [0.717, 1.165) is 0 Å². The first-order valence-corrected chi connectivity index (χ1v) is 10.7. The molecule has 1 radical (unpaired) electrons. The van der Waals surface area contributed by atoms with E-state index < -0.39 is 0 Å². The van der Waals surface area contributed by atoms with E-state index in [0.29, 0.717) is 0 Å². The second kappa shape index (κ2) is 8.05. The fraction of sp³-hybridized carbons (Fsp3) is 0.143. The molecule has 0 aliphatic heterocycles. The van der Waals surface area contributed by atoms with Gasteiger partial charge >= 0.3 is 16.0 Å². The summed E-state index contributed by atoms with van der Waals surface area (Å²) in [6.45, 7) is 2.03. The molecule has 1 rings (SSSR count). The second-order valence-corrected chi connectivity index (χ2v) is 9.73. The zero-order valence-electron chi connectivity index (χ0n) is 5.77. The summed E-state index contributed by atoms with van der Waals surface area (Å²) in [6, 6.07) is 10.9. The molecule has 3 heteroatoms. The van der Waals surface area contributed by atoms with Gasteiger partial charge in [0.05, 0.1) is 0 Å². The first-order chi connectivity index (χ1) is 4.81. The molecule has 0 nitrogen and oxygen atoms in total. The topological polar surface area (TPSA) is 0 Å².